The molecule has 224 valence electrons. The first-order chi connectivity index (χ1) is 19.0. The van der Waals surface area contributed by atoms with Gasteiger partial charge in [0.15, 0.2) is 11.6 Å². The Morgan fingerprint density at radius 3 is 2.10 bits per heavy atom. The summed E-state index contributed by atoms with van der Waals surface area (Å²) in [5.74, 6) is -2.75. The fraction of sp³-hybridized carbons (Fsp3) is 0.500. The predicted octanol–water partition coefficient (Wildman–Crippen LogP) is 5.71. The second-order valence-electron chi connectivity index (χ2n) is 12.1. The fourth-order valence-electron chi connectivity index (χ4n) is 4.14. The Morgan fingerprint density at radius 2 is 1.51 bits per heavy atom. The second-order valence-corrected chi connectivity index (χ2v) is 12.1. The number of aryl methyl sites for hydroxylation is 1. The maximum Gasteiger partial charge on any atom is 0.415 e. The number of amides is 3. The van der Waals surface area contributed by atoms with Crippen LogP contribution in [0.5, 0.6) is 0 Å². The first-order valence-corrected chi connectivity index (χ1v) is 13.6. The van der Waals surface area contributed by atoms with E-state index in [1.807, 2.05) is 45.9 Å². The van der Waals surface area contributed by atoms with Crippen LogP contribution in [0.3, 0.4) is 0 Å². The molecule has 0 saturated carbocycles. The van der Waals surface area contributed by atoms with E-state index in [4.69, 9.17) is 9.47 Å². The first-order valence-electron chi connectivity index (χ1n) is 13.6. The van der Waals surface area contributed by atoms with E-state index in [2.05, 4.69) is 10.2 Å². The summed E-state index contributed by atoms with van der Waals surface area (Å²) in [6.45, 7) is 15.0. The predicted molar refractivity (Wildman–Crippen MR) is 153 cm³/mol. The Kier molecular flexibility index (Phi) is 9.96. The molecule has 1 saturated heterocycles. The van der Waals surface area contributed by atoms with E-state index < -0.39 is 41.4 Å². The van der Waals surface area contributed by atoms with Crippen LogP contribution in [0.25, 0.3) is 0 Å². The zero-order chi connectivity index (χ0) is 30.5. The van der Waals surface area contributed by atoms with Crippen molar-refractivity contribution < 1.29 is 32.6 Å². The van der Waals surface area contributed by atoms with Crippen LogP contribution in [0.15, 0.2) is 36.4 Å². The maximum atomic E-state index is 14.0. The van der Waals surface area contributed by atoms with Gasteiger partial charge in [0, 0.05) is 44.5 Å². The number of nitrogens with zero attached hydrogens (tertiary/aromatic N) is 3. The van der Waals surface area contributed by atoms with Crippen molar-refractivity contribution in [1.82, 2.24) is 9.80 Å². The lowest BCUT2D eigenvalue weighted by atomic mass is 10.1. The number of carbonyl (C=O) groups excluding carboxylic acids is 3. The van der Waals surface area contributed by atoms with Crippen LogP contribution in [-0.2, 0) is 20.8 Å². The molecule has 2 aromatic carbocycles. The molecule has 0 unspecified atom stereocenters. The Morgan fingerprint density at radius 1 is 0.878 bits per heavy atom. The number of nitrogens with one attached hydrogen (secondary N) is 1. The van der Waals surface area contributed by atoms with E-state index in [-0.39, 0.29) is 11.8 Å². The Balaban J connectivity index is 1.66. The molecule has 0 aliphatic carbocycles. The number of benzene rings is 2. The summed E-state index contributed by atoms with van der Waals surface area (Å²) in [4.78, 5) is 43.2. The van der Waals surface area contributed by atoms with Crippen LogP contribution in [-0.4, -0.2) is 71.8 Å². The minimum absolute atomic E-state index is 0.00991. The largest absolute Gasteiger partial charge is 0.444 e. The van der Waals surface area contributed by atoms with Gasteiger partial charge >= 0.3 is 12.2 Å². The molecular formula is C30H40F2N4O5. The van der Waals surface area contributed by atoms with Gasteiger partial charge in [0.2, 0.25) is 5.91 Å². The summed E-state index contributed by atoms with van der Waals surface area (Å²) in [5, 5.41) is 2.83. The molecule has 1 aliphatic heterocycles. The molecule has 3 rings (SSSR count). The van der Waals surface area contributed by atoms with Gasteiger partial charge in [-0.05, 0) is 77.8 Å². The third kappa shape index (κ3) is 9.70. The lowest BCUT2D eigenvalue weighted by molar-refractivity contribution is -0.115. The Labute approximate surface area is 240 Å². The SMILES string of the molecule is Cc1ccc(CN2CCN(C(=O)OC(C)(C)C)CC2)cc1NC(=O)CN(C(=O)OC(C)(C)C)c1ccc(F)c(F)c1. The summed E-state index contributed by atoms with van der Waals surface area (Å²) >= 11 is 0. The molecule has 9 nitrogen and oxygen atoms in total. The number of hydrogen-bond acceptors (Lipinski definition) is 6. The number of halogens is 2. The van der Waals surface area contributed by atoms with Gasteiger partial charge in [0.1, 0.15) is 17.7 Å². The van der Waals surface area contributed by atoms with Crippen molar-refractivity contribution in [1.29, 1.82) is 0 Å². The molecule has 1 fully saturated rings. The van der Waals surface area contributed by atoms with Crippen molar-refractivity contribution in [2.24, 2.45) is 0 Å². The molecular weight excluding hydrogens is 534 g/mol. The van der Waals surface area contributed by atoms with Gasteiger partial charge in [0.05, 0.1) is 5.69 Å². The Hall–Kier alpha value is -3.73. The smallest absolute Gasteiger partial charge is 0.415 e. The first kappa shape index (κ1) is 31.8. The summed E-state index contributed by atoms with van der Waals surface area (Å²) in [7, 11) is 0. The highest BCUT2D eigenvalue weighted by Gasteiger charge is 2.28. The Bertz CT molecular complexity index is 1260. The van der Waals surface area contributed by atoms with Gasteiger partial charge < -0.3 is 19.7 Å². The monoisotopic (exact) mass is 574 g/mol. The number of rotatable bonds is 6. The fourth-order valence-corrected chi connectivity index (χ4v) is 4.14. The van der Waals surface area contributed by atoms with Crippen LogP contribution in [0, 0.1) is 18.6 Å². The molecule has 1 aliphatic rings. The second kappa shape index (κ2) is 12.8. The highest BCUT2D eigenvalue weighted by molar-refractivity contribution is 6.00. The third-order valence-electron chi connectivity index (χ3n) is 6.14. The molecule has 0 bridgehead atoms. The molecule has 0 aromatic heterocycles. The van der Waals surface area contributed by atoms with E-state index in [0.717, 1.165) is 28.2 Å². The average Bonchev–Trinajstić information content (AvgIpc) is 2.84. The van der Waals surface area contributed by atoms with E-state index in [9.17, 15) is 23.2 Å². The quantitative estimate of drug-likeness (QED) is 0.476. The van der Waals surface area contributed by atoms with Crippen molar-refractivity contribution in [3.8, 4) is 0 Å². The standard InChI is InChI=1S/C30H40F2N4O5/c1-20-8-9-21(18-34-12-14-35(15-13-34)27(38)40-29(2,3)4)16-25(20)33-26(37)19-36(28(39)41-30(5,6)7)22-10-11-23(31)24(32)17-22/h8-11,16-17H,12-15,18-19H2,1-7H3,(H,33,37). The van der Waals surface area contributed by atoms with Gasteiger partial charge in [-0.3, -0.25) is 14.6 Å². The molecule has 0 spiro atoms. The van der Waals surface area contributed by atoms with Crippen LogP contribution < -0.4 is 10.2 Å². The minimum atomic E-state index is -1.15. The molecule has 1 N–H and O–H groups in total. The highest BCUT2D eigenvalue weighted by Crippen LogP contribution is 2.23. The number of hydrogen-bond donors (Lipinski definition) is 1. The lowest BCUT2D eigenvalue weighted by Crippen LogP contribution is -2.49. The minimum Gasteiger partial charge on any atom is -0.444 e. The molecule has 41 heavy (non-hydrogen) atoms. The van der Waals surface area contributed by atoms with E-state index in [0.29, 0.717) is 38.4 Å². The van der Waals surface area contributed by atoms with E-state index >= 15 is 0 Å². The normalized spacial score (nSPS) is 14.4. The van der Waals surface area contributed by atoms with E-state index in [1.165, 1.54) is 6.07 Å². The van der Waals surface area contributed by atoms with E-state index in [1.54, 1.807) is 25.7 Å². The van der Waals surface area contributed by atoms with Crippen LogP contribution in [0.1, 0.15) is 52.7 Å². The maximum absolute atomic E-state index is 14.0. The van der Waals surface area contributed by atoms with Gasteiger partial charge in [0.25, 0.3) is 0 Å². The zero-order valence-electron chi connectivity index (χ0n) is 24.8. The van der Waals surface area contributed by atoms with Crippen molar-refractivity contribution in [2.45, 2.75) is 66.2 Å². The summed E-state index contributed by atoms with van der Waals surface area (Å²) in [6, 6.07) is 8.68. The lowest BCUT2D eigenvalue weighted by Gasteiger charge is -2.35. The third-order valence-corrected chi connectivity index (χ3v) is 6.14. The van der Waals surface area contributed by atoms with Crippen molar-refractivity contribution >= 4 is 29.5 Å². The van der Waals surface area contributed by atoms with Gasteiger partial charge in [-0.15, -0.1) is 0 Å². The van der Waals surface area contributed by atoms with Crippen LogP contribution >= 0.6 is 0 Å². The molecule has 1 heterocycles. The summed E-state index contributed by atoms with van der Waals surface area (Å²) in [6.07, 6.45) is -1.18. The molecule has 11 heteroatoms. The van der Waals surface area contributed by atoms with Crippen LogP contribution in [0.2, 0.25) is 0 Å². The van der Waals surface area contributed by atoms with Crippen molar-refractivity contribution in [2.75, 3.05) is 42.9 Å². The number of anilines is 2. The topological polar surface area (TPSA) is 91.4 Å². The molecule has 3 amide bonds. The van der Waals surface area contributed by atoms with Gasteiger partial charge in [-0.1, -0.05) is 12.1 Å². The molecule has 2 aromatic rings. The summed E-state index contributed by atoms with van der Waals surface area (Å²) < 4.78 is 38.4. The number of carbonyl (C=O) groups is 3. The highest BCUT2D eigenvalue weighted by atomic mass is 19.2. The average molecular weight is 575 g/mol. The molecule has 0 radical (unpaired) electrons. The number of piperazine rings is 1. The van der Waals surface area contributed by atoms with Crippen molar-refractivity contribution in [3.63, 3.8) is 0 Å². The van der Waals surface area contributed by atoms with Gasteiger partial charge in [-0.25, -0.2) is 18.4 Å². The zero-order valence-corrected chi connectivity index (χ0v) is 24.8. The molecule has 0 atom stereocenters. The summed E-state index contributed by atoms with van der Waals surface area (Å²) in [5.41, 5.74) is 0.914. The van der Waals surface area contributed by atoms with Crippen LogP contribution in [0.4, 0.5) is 29.7 Å². The van der Waals surface area contributed by atoms with Gasteiger partial charge in [-0.2, -0.15) is 0 Å². The van der Waals surface area contributed by atoms with Crippen molar-refractivity contribution in [3.05, 3.63) is 59.2 Å². The number of ether oxygens (including phenoxy) is 2.